The molecule has 0 aromatic heterocycles. The van der Waals surface area contributed by atoms with Crippen molar-refractivity contribution in [3.63, 3.8) is 0 Å². The minimum atomic E-state index is -0.611. The van der Waals surface area contributed by atoms with Crippen LogP contribution >= 0.6 is 0 Å². The van der Waals surface area contributed by atoms with Crippen LogP contribution in [0.5, 0.6) is 0 Å². The zero-order valence-electron chi connectivity index (χ0n) is 19.6. The summed E-state index contributed by atoms with van der Waals surface area (Å²) in [7, 11) is 3.67. The molecule has 30 heavy (non-hydrogen) atoms. The Labute approximate surface area is 182 Å². The standard InChI is InChI=1S/C23H41N5O2/c1-9-12-18(10-2)15-20(21(29)16(3)4)27-22(30)19(26-17(5)6)13-11-14-25-23(24)28(7)8/h9-10,12,16-17,19-20,26H,1-2,11,13-15H2,3-8H3,(H2,24,25)(H,27,30)/b18-12+. The van der Waals surface area contributed by atoms with E-state index in [1.807, 2.05) is 41.8 Å². The van der Waals surface area contributed by atoms with Gasteiger partial charge in [0.15, 0.2) is 11.7 Å². The van der Waals surface area contributed by atoms with Crippen molar-refractivity contribution in [1.82, 2.24) is 15.5 Å². The molecule has 0 aromatic carbocycles. The van der Waals surface area contributed by atoms with Crippen LogP contribution < -0.4 is 16.4 Å². The van der Waals surface area contributed by atoms with Gasteiger partial charge in [0.25, 0.3) is 0 Å². The SMILES string of the molecule is C=C/C=C(\C=C)CC(NC(=O)C(CCCN=C(N)N(C)C)NC(C)C)C(=O)C(C)C. The van der Waals surface area contributed by atoms with Crippen molar-refractivity contribution >= 4 is 17.6 Å². The number of nitrogens with zero attached hydrogens (tertiary/aromatic N) is 2. The van der Waals surface area contributed by atoms with Gasteiger partial charge in [-0.25, -0.2) is 0 Å². The first kappa shape index (κ1) is 27.6. The first-order chi connectivity index (χ1) is 14.0. The Bertz CT molecular complexity index is 636. The van der Waals surface area contributed by atoms with Crippen molar-refractivity contribution in [3.8, 4) is 0 Å². The lowest BCUT2D eigenvalue weighted by Gasteiger charge is -2.25. The highest BCUT2D eigenvalue weighted by molar-refractivity contribution is 5.92. The highest BCUT2D eigenvalue weighted by atomic mass is 16.2. The number of carbonyl (C=O) groups excluding carboxylic acids is 2. The molecule has 0 radical (unpaired) electrons. The van der Waals surface area contributed by atoms with Crippen LogP contribution in [0.3, 0.4) is 0 Å². The second-order valence-electron chi connectivity index (χ2n) is 8.15. The minimum absolute atomic E-state index is 0.00758. The molecular weight excluding hydrogens is 378 g/mol. The Morgan fingerprint density at radius 1 is 1.13 bits per heavy atom. The van der Waals surface area contributed by atoms with E-state index >= 15 is 0 Å². The summed E-state index contributed by atoms with van der Waals surface area (Å²) in [6.07, 6.45) is 6.81. The second kappa shape index (κ2) is 14.6. The Kier molecular flexibility index (Phi) is 13.4. The number of hydrogen-bond donors (Lipinski definition) is 3. The summed E-state index contributed by atoms with van der Waals surface area (Å²) in [6, 6.07) is -0.904. The van der Waals surface area contributed by atoms with Crippen molar-refractivity contribution in [1.29, 1.82) is 0 Å². The number of allylic oxidation sites excluding steroid dienone is 3. The number of carbonyl (C=O) groups is 2. The summed E-state index contributed by atoms with van der Waals surface area (Å²) >= 11 is 0. The molecule has 1 amide bonds. The van der Waals surface area contributed by atoms with Crippen LogP contribution in [0.1, 0.15) is 47.0 Å². The predicted octanol–water partition coefficient (Wildman–Crippen LogP) is 2.41. The molecule has 0 aliphatic heterocycles. The van der Waals surface area contributed by atoms with Crippen molar-refractivity contribution in [2.24, 2.45) is 16.6 Å². The van der Waals surface area contributed by atoms with Gasteiger partial charge in [0.05, 0.1) is 12.1 Å². The maximum absolute atomic E-state index is 13.0. The number of nitrogens with two attached hydrogens (primary N) is 1. The van der Waals surface area contributed by atoms with E-state index in [0.717, 1.165) is 5.57 Å². The van der Waals surface area contributed by atoms with Gasteiger partial charge >= 0.3 is 0 Å². The molecule has 0 aliphatic rings. The van der Waals surface area contributed by atoms with Gasteiger partial charge in [-0.05, 0) is 24.8 Å². The Balaban J connectivity index is 5.28. The number of guanidine groups is 1. The van der Waals surface area contributed by atoms with Crippen molar-refractivity contribution < 1.29 is 9.59 Å². The van der Waals surface area contributed by atoms with E-state index in [1.54, 1.807) is 23.1 Å². The number of nitrogens with one attached hydrogen (secondary N) is 2. The normalized spacial score (nSPS) is 14.4. The van der Waals surface area contributed by atoms with E-state index in [1.165, 1.54) is 0 Å². The molecule has 0 rings (SSSR count). The largest absolute Gasteiger partial charge is 0.370 e. The molecule has 7 heteroatoms. The number of aliphatic imine (C=N–C) groups is 1. The number of hydrogen-bond acceptors (Lipinski definition) is 4. The zero-order valence-corrected chi connectivity index (χ0v) is 19.6. The van der Waals surface area contributed by atoms with Gasteiger partial charge in [-0.3, -0.25) is 14.6 Å². The van der Waals surface area contributed by atoms with Gasteiger partial charge < -0.3 is 21.3 Å². The molecule has 4 N–H and O–H groups in total. The molecule has 0 saturated heterocycles. The Morgan fingerprint density at radius 2 is 1.77 bits per heavy atom. The van der Waals surface area contributed by atoms with E-state index in [-0.39, 0.29) is 23.7 Å². The Morgan fingerprint density at radius 3 is 2.23 bits per heavy atom. The Hall–Kier alpha value is -2.41. The number of Topliss-reactive ketones (excluding diaryl/α,β-unsaturated/α-hetero) is 1. The molecule has 0 heterocycles. The van der Waals surface area contributed by atoms with Gasteiger partial charge in [-0.1, -0.05) is 59.1 Å². The lowest BCUT2D eigenvalue weighted by atomic mass is 9.94. The van der Waals surface area contributed by atoms with Crippen molar-refractivity contribution in [2.45, 2.75) is 65.1 Å². The smallest absolute Gasteiger partial charge is 0.237 e. The fraction of sp³-hybridized carbons (Fsp3) is 0.609. The van der Waals surface area contributed by atoms with E-state index in [9.17, 15) is 9.59 Å². The number of rotatable bonds is 14. The van der Waals surface area contributed by atoms with E-state index in [4.69, 9.17) is 5.73 Å². The maximum Gasteiger partial charge on any atom is 0.237 e. The van der Waals surface area contributed by atoms with Crippen LogP contribution in [0.25, 0.3) is 0 Å². The topological polar surface area (TPSA) is 99.8 Å². The van der Waals surface area contributed by atoms with Gasteiger partial charge in [-0.15, -0.1) is 0 Å². The van der Waals surface area contributed by atoms with Crippen LogP contribution in [0.2, 0.25) is 0 Å². The molecule has 7 nitrogen and oxygen atoms in total. The summed E-state index contributed by atoms with van der Waals surface area (Å²) in [5, 5.41) is 6.24. The third-order valence-electron chi connectivity index (χ3n) is 4.50. The first-order valence-electron chi connectivity index (χ1n) is 10.5. The van der Waals surface area contributed by atoms with Crippen molar-refractivity contribution in [3.05, 3.63) is 37.0 Å². The van der Waals surface area contributed by atoms with Crippen LogP contribution in [-0.2, 0) is 9.59 Å². The van der Waals surface area contributed by atoms with Gasteiger partial charge in [0.2, 0.25) is 5.91 Å². The quantitative estimate of drug-likeness (QED) is 0.174. The fourth-order valence-electron chi connectivity index (χ4n) is 2.83. The molecule has 2 unspecified atom stereocenters. The molecule has 170 valence electrons. The summed E-state index contributed by atoms with van der Waals surface area (Å²) in [4.78, 5) is 31.8. The summed E-state index contributed by atoms with van der Waals surface area (Å²) in [6.45, 7) is 15.7. The molecule has 0 bridgehead atoms. The third-order valence-corrected chi connectivity index (χ3v) is 4.50. The number of amides is 1. The molecule has 0 spiro atoms. The minimum Gasteiger partial charge on any atom is -0.370 e. The molecule has 2 atom stereocenters. The van der Waals surface area contributed by atoms with E-state index < -0.39 is 12.1 Å². The van der Waals surface area contributed by atoms with Crippen LogP contribution in [0.15, 0.2) is 42.0 Å². The monoisotopic (exact) mass is 419 g/mol. The maximum atomic E-state index is 13.0. The fourth-order valence-corrected chi connectivity index (χ4v) is 2.83. The summed E-state index contributed by atoms with van der Waals surface area (Å²) < 4.78 is 0. The van der Waals surface area contributed by atoms with Crippen LogP contribution in [0, 0.1) is 5.92 Å². The third kappa shape index (κ3) is 11.0. The highest BCUT2D eigenvalue weighted by Gasteiger charge is 2.27. The first-order valence-corrected chi connectivity index (χ1v) is 10.5. The van der Waals surface area contributed by atoms with Gasteiger partial charge in [0.1, 0.15) is 0 Å². The molecule has 0 aliphatic carbocycles. The summed E-state index contributed by atoms with van der Waals surface area (Å²) in [5.74, 6) is 0.0763. The molecular formula is C23H41N5O2. The average Bonchev–Trinajstić information content (AvgIpc) is 2.67. The van der Waals surface area contributed by atoms with E-state index in [0.29, 0.717) is 31.8 Å². The molecule has 0 saturated carbocycles. The van der Waals surface area contributed by atoms with Crippen LogP contribution in [-0.4, -0.2) is 61.3 Å². The van der Waals surface area contributed by atoms with Crippen LogP contribution in [0.4, 0.5) is 0 Å². The number of ketones is 1. The van der Waals surface area contributed by atoms with Crippen molar-refractivity contribution in [2.75, 3.05) is 20.6 Å². The zero-order chi connectivity index (χ0) is 23.3. The van der Waals surface area contributed by atoms with Gasteiger partial charge in [-0.2, -0.15) is 0 Å². The molecule has 0 aromatic rings. The molecule has 0 fully saturated rings. The average molecular weight is 420 g/mol. The lowest BCUT2D eigenvalue weighted by molar-refractivity contribution is -0.130. The highest BCUT2D eigenvalue weighted by Crippen LogP contribution is 2.13. The van der Waals surface area contributed by atoms with Gasteiger partial charge in [0, 0.05) is 32.6 Å². The van der Waals surface area contributed by atoms with E-state index in [2.05, 4.69) is 28.8 Å². The summed E-state index contributed by atoms with van der Waals surface area (Å²) in [5.41, 5.74) is 6.66. The lowest BCUT2D eigenvalue weighted by Crippen LogP contribution is -2.52. The predicted molar refractivity (Wildman–Crippen MR) is 126 cm³/mol. The second-order valence-corrected chi connectivity index (χ2v) is 8.15.